The van der Waals surface area contributed by atoms with Gasteiger partial charge in [0, 0.05) is 18.4 Å². The van der Waals surface area contributed by atoms with E-state index in [0.717, 1.165) is 4.90 Å². The quantitative estimate of drug-likeness (QED) is 0.777. The third-order valence-corrected chi connectivity index (χ3v) is 3.22. The van der Waals surface area contributed by atoms with Crippen molar-refractivity contribution in [2.24, 2.45) is 0 Å². The molecular weight excluding hydrogens is 301 g/mol. The van der Waals surface area contributed by atoms with Crippen LogP contribution in [0.15, 0.2) is 24.3 Å². The molecule has 2 amide bonds. The van der Waals surface area contributed by atoms with Crippen molar-refractivity contribution >= 4 is 17.8 Å². The second-order valence-electron chi connectivity index (χ2n) is 4.98. The summed E-state index contributed by atoms with van der Waals surface area (Å²) in [5, 5.41) is 0. The number of rotatable bonds is 5. The van der Waals surface area contributed by atoms with Gasteiger partial charge in [0.1, 0.15) is 11.9 Å². The minimum Gasteiger partial charge on any atom is -0.444 e. The highest BCUT2D eigenvalue weighted by Crippen LogP contribution is 2.14. The number of hydrogen-bond donors (Lipinski definition) is 0. The number of cyclic esters (lactones) is 1. The molecule has 5 nitrogen and oxygen atoms in total. The average molecular weight is 323 g/mol. The van der Waals surface area contributed by atoms with Gasteiger partial charge in [-0.1, -0.05) is 13.8 Å². The van der Waals surface area contributed by atoms with Gasteiger partial charge in [0.25, 0.3) is 0 Å². The molecule has 0 radical (unpaired) electrons. The van der Waals surface area contributed by atoms with Gasteiger partial charge in [0.2, 0.25) is 5.91 Å². The molecule has 0 aromatic heterocycles. The van der Waals surface area contributed by atoms with Gasteiger partial charge in [-0.05, 0) is 37.6 Å². The standard InChI is InChI=1S/C15H16FNO4.C2H6/c1-10-9-17(15(20)21-10)14(19)4-2-3-13(18)11-5-7-12(16)8-6-11;1-2/h5-8,10H,2-4,9H2,1H3;1-2H3/t10-;/m1./s1. The van der Waals surface area contributed by atoms with Gasteiger partial charge in [-0.2, -0.15) is 0 Å². The van der Waals surface area contributed by atoms with E-state index in [4.69, 9.17) is 4.74 Å². The maximum Gasteiger partial charge on any atom is 0.416 e. The molecule has 23 heavy (non-hydrogen) atoms. The Bertz CT molecular complexity index is 556. The van der Waals surface area contributed by atoms with Crippen LogP contribution >= 0.6 is 0 Å². The Balaban J connectivity index is 0.00000127. The number of imide groups is 1. The summed E-state index contributed by atoms with van der Waals surface area (Å²) < 4.78 is 17.6. The molecular formula is C17H22FNO4. The van der Waals surface area contributed by atoms with Gasteiger partial charge in [-0.3, -0.25) is 9.59 Å². The minimum atomic E-state index is -0.627. The minimum absolute atomic E-state index is 0.106. The molecule has 1 fully saturated rings. The molecule has 0 saturated carbocycles. The number of Topliss-reactive ketones (excluding diaryl/α,β-unsaturated/α-hetero) is 1. The van der Waals surface area contributed by atoms with Gasteiger partial charge >= 0.3 is 6.09 Å². The van der Waals surface area contributed by atoms with E-state index >= 15 is 0 Å². The Morgan fingerprint density at radius 2 is 1.83 bits per heavy atom. The second-order valence-corrected chi connectivity index (χ2v) is 4.98. The lowest BCUT2D eigenvalue weighted by molar-refractivity contribution is -0.127. The Labute approximate surface area is 135 Å². The van der Waals surface area contributed by atoms with Crippen LogP contribution in [0.2, 0.25) is 0 Å². The summed E-state index contributed by atoms with van der Waals surface area (Å²) in [6.45, 7) is 5.97. The molecule has 0 unspecified atom stereocenters. The molecule has 0 aliphatic carbocycles. The number of hydrogen-bond acceptors (Lipinski definition) is 4. The van der Waals surface area contributed by atoms with Crippen LogP contribution in [0.1, 0.15) is 50.4 Å². The highest BCUT2D eigenvalue weighted by atomic mass is 19.1. The molecule has 1 aliphatic rings. The highest BCUT2D eigenvalue weighted by Gasteiger charge is 2.32. The van der Waals surface area contributed by atoms with Crippen LogP contribution in [0.4, 0.5) is 9.18 Å². The zero-order chi connectivity index (χ0) is 17.4. The number of carbonyl (C=O) groups is 3. The third kappa shape index (κ3) is 5.47. The van der Waals surface area contributed by atoms with Crippen LogP contribution in [-0.2, 0) is 9.53 Å². The lowest BCUT2D eigenvalue weighted by Crippen LogP contribution is -2.31. The third-order valence-electron chi connectivity index (χ3n) is 3.22. The fourth-order valence-electron chi connectivity index (χ4n) is 2.12. The summed E-state index contributed by atoms with van der Waals surface area (Å²) in [4.78, 5) is 36.1. The Morgan fingerprint density at radius 1 is 1.22 bits per heavy atom. The summed E-state index contributed by atoms with van der Waals surface area (Å²) in [6, 6.07) is 5.28. The largest absolute Gasteiger partial charge is 0.444 e. The molecule has 126 valence electrons. The van der Waals surface area contributed by atoms with Gasteiger partial charge in [-0.25, -0.2) is 14.1 Å². The van der Waals surface area contributed by atoms with Crippen molar-refractivity contribution in [1.82, 2.24) is 4.90 Å². The van der Waals surface area contributed by atoms with Gasteiger partial charge in [-0.15, -0.1) is 0 Å². The van der Waals surface area contributed by atoms with E-state index in [1.807, 2.05) is 13.8 Å². The van der Waals surface area contributed by atoms with Crippen molar-refractivity contribution in [3.63, 3.8) is 0 Å². The predicted octanol–water partition coefficient (Wildman–Crippen LogP) is 3.57. The number of benzene rings is 1. The summed E-state index contributed by atoms with van der Waals surface area (Å²) in [7, 11) is 0. The lowest BCUT2D eigenvalue weighted by Gasteiger charge is -2.10. The zero-order valence-electron chi connectivity index (χ0n) is 13.7. The molecule has 1 aromatic carbocycles. The number of nitrogens with zero attached hydrogens (tertiary/aromatic N) is 1. The SMILES string of the molecule is CC.C[C@@H]1CN(C(=O)CCCC(=O)c2ccc(F)cc2)C(=O)O1. The van der Waals surface area contributed by atoms with Crippen molar-refractivity contribution in [2.45, 2.75) is 46.1 Å². The molecule has 0 bridgehead atoms. The molecule has 1 saturated heterocycles. The summed E-state index contributed by atoms with van der Waals surface area (Å²) in [5.74, 6) is -0.889. The van der Waals surface area contributed by atoms with E-state index in [0.29, 0.717) is 12.0 Å². The van der Waals surface area contributed by atoms with E-state index in [1.54, 1.807) is 6.92 Å². The van der Waals surface area contributed by atoms with Crippen molar-refractivity contribution in [2.75, 3.05) is 6.54 Å². The van der Waals surface area contributed by atoms with Gasteiger partial charge in [0.05, 0.1) is 6.54 Å². The average Bonchev–Trinajstić information content (AvgIpc) is 2.88. The molecule has 1 heterocycles. The normalized spacial score (nSPS) is 16.4. The fraction of sp³-hybridized carbons (Fsp3) is 0.471. The summed E-state index contributed by atoms with van der Waals surface area (Å²) >= 11 is 0. The van der Waals surface area contributed by atoms with Crippen LogP contribution < -0.4 is 0 Å². The van der Waals surface area contributed by atoms with Gasteiger partial charge in [0.15, 0.2) is 5.78 Å². The van der Waals surface area contributed by atoms with Gasteiger partial charge < -0.3 is 4.74 Å². The summed E-state index contributed by atoms with van der Waals surface area (Å²) in [6.07, 6.45) is -0.294. The smallest absolute Gasteiger partial charge is 0.416 e. The van der Waals surface area contributed by atoms with E-state index in [-0.39, 0.29) is 37.2 Å². The van der Waals surface area contributed by atoms with E-state index in [1.165, 1.54) is 24.3 Å². The molecule has 0 N–H and O–H groups in total. The fourth-order valence-corrected chi connectivity index (χ4v) is 2.12. The highest BCUT2D eigenvalue weighted by molar-refractivity contribution is 5.97. The first-order valence-electron chi connectivity index (χ1n) is 7.77. The molecule has 1 aromatic rings. The topological polar surface area (TPSA) is 63.7 Å². The maximum absolute atomic E-state index is 12.7. The van der Waals surface area contributed by atoms with Crippen LogP contribution in [0.5, 0.6) is 0 Å². The first-order chi connectivity index (χ1) is 11.0. The number of ketones is 1. The number of amides is 2. The van der Waals surface area contributed by atoms with Crippen molar-refractivity contribution in [3.8, 4) is 0 Å². The molecule has 6 heteroatoms. The van der Waals surface area contributed by atoms with Crippen molar-refractivity contribution < 1.29 is 23.5 Å². The van der Waals surface area contributed by atoms with Crippen LogP contribution in [0, 0.1) is 5.82 Å². The zero-order valence-corrected chi connectivity index (χ0v) is 13.7. The van der Waals surface area contributed by atoms with Crippen molar-refractivity contribution in [1.29, 1.82) is 0 Å². The first kappa shape index (κ1) is 18.8. The Hall–Kier alpha value is -2.24. The van der Waals surface area contributed by atoms with Crippen LogP contribution in [0.25, 0.3) is 0 Å². The second kappa shape index (κ2) is 9.02. The maximum atomic E-state index is 12.7. The number of carbonyl (C=O) groups excluding carboxylic acids is 3. The molecule has 0 spiro atoms. The van der Waals surface area contributed by atoms with Crippen molar-refractivity contribution in [3.05, 3.63) is 35.6 Å². The number of ether oxygens (including phenoxy) is 1. The lowest BCUT2D eigenvalue weighted by atomic mass is 10.1. The predicted molar refractivity (Wildman–Crippen MR) is 83.6 cm³/mol. The number of halogens is 1. The molecule has 2 rings (SSSR count). The monoisotopic (exact) mass is 323 g/mol. The Morgan fingerprint density at radius 3 is 2.35 bits per heavy atom. The molecule has 1 aliphatic heterocycles. The van der Waals surface area contributed by atoms with E-state index in [9.17, 15) is 18.8 Å². The van der Waals surface area contributed by atoms with Crippen LogP contribution in [-0.4, -0.2) is 35.3 Å². The summed E-state index contributed by atoms with van der Waals surface area (Å²) in [5.41, 5.74) is 0.415. The van der Waals surface area contributed by atoms with E-state index in [2.05, 4.69) is 0 Å². The van der Waals surface area contributed by atoms with E-state index < -0.39 is 11.9 Å². The van der Waals surface area contributed by atoms with Crippen LogP contribution in [0.3, 0.4) is 0 Å². The Kier molecular flexibility index (Phi) is 7.38. The molecule has 1 atom stereocenters. The first-order valence-corrected chi connectivity index (χ1v) is 7.77.